The predicted octanol–water partition coefficient (Wildman–Crippen LogP) is 4.26. The maximum Gasteiger partial charge on any atom is 0.310 e. The molecule has 0 saturated heterocycles. The molecule has 6 nitrogen and oxygen atoms in total. The van der Waals surface area contributed by atoms with Gasteiger partial charge in [-0.2, -0.15) is 5.10 Å². The summed E-state index contributed by atoms with van der Waals surface area (Å²) in [5.74, 6) is -0.971. The second-order valence-corrected chi connectivity index (χ2v) is 7.92. The van der Waals surface area contributed by atoms with Crippen LogP contribution in [-0.2, 0) is 33.8 Å². The molecule has 162 valence electrons. The molecule has 0 saturated carbocycles. The molecular formula is C23H23Cl2N3O3. The van der Waals surface area contributed by atoms with Gasteiger partial charge in [0.1, 0.15) is 0 Å². The minimum absolute atomic E-state index is 0.101. The van der Waals surface area contributed by atoms with E-state index < -0.39 is 11.9 Å². The molecule has 3 rings (SSSR count). The second-order valence-electron chi connectivity index (χ2n) is 7.11. The number of rotatable bonds is 8. The first kappa shape index (κ1) is 22.8. The van der Waals surface area contributed by atoms with E-state index >= 15 is 0 Å². The Kier molecular flexibility index (Phi) is 7.71. The molecule has 3 aromatic rings. The van der Waals surface area contributed by atoms with Crippen LogP contribution in [0.15, 0.2) is 48.5 Å². The highest BCUT2D eigenvalue weighted by molar-refractivity contribution is 6.36. The molecule has 1 N–H and O–H groups in total. The number of nitrogens with zero attached hydrogens (tertiary/aromatic N) is 2. The second kappa shape index (κ2) is 10.5. The summed E-state index contributed by atoms with van der Waals surface area (Å²) >= 11 is 12.1. The number of carbonyl (C=O) groups is 2. The molecule has 1 amide bonds. The first-order valence-corrected chi connectivity index (χ1v) is 10.5. The largest absolute Gasteiger partial charge is 0.455 e. The first-order chi connectivity index (χ1) is 14.8. The van der Waals surface area contributed by atoms with Crippen LogP contribution in [0.2, 0.25) is 10.0 Å². The lowest BCUT2D eigenvalue weighted by molar-refractivity contribution is -0.147. The lowest BCUT2D eigenvalue weighted by Crippen LogP contribution is -2.29. The lowest BCUT2D eigenvalue weighted by atomic mass is 10.1. The molecule has 0 radical (unpaired) electrons. The van der Waals surface area contributed by atoms with Gasteiger partial charge in [0, 0.05) is 33.4 Å². The van der Waals surface area contributed by atoms with Crippen LogP contribution in [0.5, 0.6) is 0 Å². The number of halogens is 2. The van der Waals surface area contributed by atoms with E-state index in [1.54, 1.807) is 18.2 Å². The van der Waals surface area contributed by atoms with Crippen molar-refractivity contribution in [1.29, 1.82) is 0 Å². The number of aromatic nitrogens is 2. The fraction of sp³-hybridized carbons (Fsp3) is 0.261. The van der Waals surface area contributed by atoms with Crippen molar-refractivity contribution in [2.45, 2.75) is 33.4 Å². The molecule has 1 heterocycles. The van der Waals surface area contributed by atoms with Gasteiger partial charge >= 0.3 is 5.97 Å². The van der Waals surface area contributed by atoms with Gasteiger partial charge < -0.3 is 10.1 Å². The quantitative estimate of drug-likeness (QED) is 0.510. The number of nitrogens with one attached hydrogen (secondary N) is 1. The minimum atomic E-state index is -0.576. The average molecular weight is 460 g/mol. The Labute approximate surface area is 191 Å². The van der Waals surface area contributed by atoms with Gasteiger partial charge in [0.25, 0.3) is 5.91 Å². The zero-order valence-electron chi connectivity index (χ0n) is 17.3. The number of amides is 1. The fourth-order valence-corrected chi connectivity index (χ4v) is 3.71. The summed E-state index contributed by atoms with van der Waals surface area (Å²) in [4.78, 5) is 24.2. The molecular weight excluding hydrogens is 437 g/mol. The van der Waals surface area contributed by atoms with Crippen LogP contribution in [0.25, 0.3) is 0 Å². The minimum Gasteiger partial charge on any atom is -0.455 e. The Bertz CT molecular complexity index is 1060. The van der Waals surface area contributed by atoms with Crippen molar-refractivity contribution in [3.05, 3.63) is 86.7 Å². The monoisotopic (exact) mass is 459 g/mol. The third kappa shape index (κ3) is 6.09. The molecule has 31 heavy (non-hydrogen) atoms. The van der Waals surface area contributed by atoms with Gasteiger partial charge in [-0.05, 0) is 31.5 Å². The van der Waals surface area contributed by atoms with Crippen LogP contribution in [0.4, 0.5) is 0 Å². The number of carbonyl (C=O) groups excluding carboxylic acids is 2. The van der Waals surface area contributed by atoms with E-state index in [9.17, 15) is 9.59 Å². The summed E-state index contributed by atoms with van der Waals surface area (Å²) in [7, 11) is 0. The fourth-order valence-electron chi connectivity index (χ4n) is 3.18. The van der Waals surface area contributed by atoms with Crippen molar-refractivity contribution in [2.24, 2.45) is 0 Å². The van der Waals surface area contributed by atoms with Crippen molar-refractivity contribution in [3.63, 3.8) is 0 Å². The van der Waals surface area contributed by atoms with E-state index in [0.717, 1.165) is 22.5 Å². The molecule has 0 bridgehead atoms. The van der Waals surface area contributed by atoms with E-state index in [0.29, 0.717) is 28.7 Å². The van der Waals surface area contributed by atoms with Crippen LogP contribution in [0.3, 0.4) is 0 Å². The van der Waals surface area contributed by atoms with Crippen LogP contribution in [0, 0.1) is 13.8 Å². The van der Waals surface area contributed by atoms with Gasteiger partial charge in [-0.1, -0.05) is 59.6 Å². The van der Waals surface area contributed by atoms with Gasteiger partial charge in [0.15, 0.2) is 6.61 Å². The smallest absolute Gasteiger partial charge is 0.310 e. The third-order valence-electron chi connectivity index (χ3n) is 4.92. The van der Waals surface area contributed by atoms with E-state index in [1.165, 1.54) is 0 Å². The van der Waals surface area contributed by atoms with Crippen molar-refractivity contribution in [2.75, 3.05) is 6.61 Å². The molecule has 0 spiro atoms. The van der Waals surface area contributed by atoms with Crippen LogP contribution in [-0.4, -0.2) is 28.3 Å². The standard InChI is InChI=1S/C23H23Cl2N3O3/c1-15-19(16(2)28(27-15)13-17-7-4-3-5-8-17)12-26-22(29)14-31-23(30)11-18-20(24)9-6-10-21(18)25/h3-10H,11-14H2,1-2H3,(H,26,29). The average Bonchev–Trinajstić information content (AvgIpc) is 3.01. The number of hydrogen-bond acceptors (Lipinski definition) is 4. The Balaban J connectivity index is 1.51. The SMILES string of the molecule is Cc1nn(Cc2ccccc2)c(C)c1CNC(=O)COC(=O)Cc1c(Cl)cccc1Cl. The Hall–Kier alpha value is -2.83. The maximum absolute atomic E-state index is 12.2. The van der Waals surface area contributed by atoms with E-state index in [1.807, 2.05) is 48.9 Å². The van der Waals surface area contributed by atoms with Crippen LogP contribution < -0.4 is 5.32 Å². The zero-order valence-corrected chi connectivity index (χ0v) is 18.8. The highest BCUT2D eigenvalue weighted by Crippen LogP contribution is 2.24. The summed E-state index contributed by atoms with van der Waals surface area (Å²) in [5.41, 5.74) is 4.40. The summed E-state index contributed by atoms with van der Waals surface area (Å²) in [6.45, 7) is 4.46. The molecule has 0 aliphatic rings. The van der Waals surface area contributed by atoms with Gasteiger partial charge in [-0.25, -0.2) is 0 Å². The first-order valence-electron chi connectivity index (χ1n) is 9.77. The highest BCUT2D eigenvalue weighted by Gasteiger charge is 2.15. The zero-order chi connectivity index (χ0) is 22.4. The van der Waals surface area contributed by atoms with Gasteiger partial charge in [0.05, 0.1) is 18.7 Å². The number of hydrogen-bond donors (Lipinski definition) is 1. The molecule has 2 aromatic carbocycles. The molecule has 1 aromatic heterocycles. The Morgan fingerprint density at radius 1 is 1.00 bits per heavy atom. The molecule has 0 atom stereocenters. The molecule has 0 unspecified atom stereocenters. The molecule has 8 heteroatoms. The highest BCUT2D eigenvalue weighted by atomic mass is 35.5. The van der Waals surface area contributed by atoms with Crippen molar-refractivity contribution < 1.29 is 14.3 Å². The van der Waals surface area contributed by atoms with E-state index in [4.69, 9.17) is 27.9 Å². The predicted molar refractivity (Wildman–Crippen MR) is 120 cm³/mol. The van der Waals surface area contributed by atoms with Crippen molar-refractivity contribution in [1.82, 2.24) is 15.1 Å². The normalized spacial score (nSPS) is 10.7. The number of aryl methyl sites for hydroxylation is 1. The topological polar surface area (TPSA) is 73.2 Å². The molecule has 0 aliphatic heterocycles. The third-order valence-corrected chi connectivity index (χ3v) is 5.62. The Morgan fingerprint density at radius 2 is 1.68 bits per heavy atom. The lowest BCUT2D eigenvalue weighted by Gasteiger charge is -2.09. The van der Waals surface area contributed by atoms with Crippen LogP contribution >= 0.6 is 23.2 Å². The summed E-state index contributed by atoms with van der Waals surface area (Å²) in [5, 5.41) is 8.12. The number of ether oxygens (including phenoxy) is 1. The number of benzene rings is 2. The molecule has 0 aliphatic carbocycles. The van der Waals surface area contributed by atoms with Crippen molar-refractivity contribution >= 4 is 35.1 Å². The summed E-state index contributed by atoms with van der Waals surface area (Å²) in [6, 6.07) is 15.0. The van der Waals surface area contributed by atoms with Crippen LogP contribution in [0.1, 0.15) is 28.1 Å². The van der Waals surface area contributed by atoms with Gasteiger partial charge in [-0.15, -0.1) is 0 Å². The van der Waals surface area contributed by atoms with Gasteiger partial charge in [0.2, 0.25) is 0 Å². The number of esters is 1. The van der Waals surface area contributed by atoms with Crippen molar-refractivity contribution in [3.8, 4) is 0 Å². The summed E-state index contributed by atoms with van der Waals surface area (Å²) in [6.07, 6.45) is -0.101. The molecule has 0 fully saturated rings. The summed E-state index contributed by atoms with van der Waals surface area (Å²) < 4.78 is 6.98. The van der Waals surface area contributed by atoms with E-state index in [2.05, 4.69) is 10.4 Å². The Morgan fingerprint density at radius 3 is 2.35 bits per heavy atom. The van der Waals surface area contributed by atoms with E-state index in [-0.39, 0.29) is 13.0 Å². The maximum atomic E-state index is 12.2. The van der Waals surface area contributed by atoms with Gasteiger partial charge in [-0.3, -0.25) is 14.3 Å².